The number of Topliss-reactive ketones (excluding diaryl/α,β-unsaturated/α-hetero) is 1. The Bertz CT molecular complexity index is 619. The van der Waals surface area contributed by atoms with Gasteiger partial charge in [0, 0.05) is 0 Å². The number of benzene rings is 1. The predicted octanol–water partition coefficient (Wildman–Crippen LogP) is 2.96. The van der Waals surface area contributed by atoms with Gasteiger partial charge in [0.15, 0.2) is 5.69 Å². The van der Waals surface area contributed by atoms with E-state index in [9.17, 15) is 18.0 Å². The van der Waals surface area contributed by atoms with Crippen LogP contribution in [0.2, 0.25) is 0 Å². The number of aryl methyl sites for hydroxylation is 1. The number of carbonyl (C=O) groups is 1. The first-order valence-corrected chi connectivity index (χ1v) is 6.05. The van der Waals surface area contributed by atoms with Gasteiger partial charge in [0.2, 0.25) is 0 Å². The zero-order valence-electron chi connectivity index (χ0n) is 10.7. The highest BCUT2D eigenvalue weighted by Crippen LogP contribution is 2.21. The zero-order valence-corrected chi connectivity index (χ0v) is 10.7. The van der Waals surface area contributed by atoms with E-state index in [1.807, 2.05) is 19.1 Å². The van der Waals surface area contributed by atoms with Gasteiger partial charge in [-0.1, -0.05) is 36.8 Å². The first-order chi connectivity index (χ1) is 9.43. The molecule has 0 saturated carbocycles. The van der Waals surface area contributed by atoms with Gasteiger partial charge in [-0.2, -0.15) is 13.2 Å². The van der Waals surface area contributed by atoms with Crippen molar-refractivity contribution >= 4 is 5.78 Å². The third-order valence-electron chi connectivity index (χ3n) is 2.74. The molecular formula is C13H12F3N3O. The number of ketones is 1. The second kappa shape index (κ2) is 5.44. The fourth-order valence-electron chi connectivity index (χ4n) is 1.85. The number of rotatable bonds is 4. The molecule has 1 aromatic carbocycles. The van der Waals surface area contributed by atoms with Gasteiger partial charge in [-0.3, -0.25) is 4.79 Å². The van der Waals surface area contributed by atoms with Gasteiger partial charge in [-0.15, -0.1) is 5.10 Å². The molecular weight excluding hydrogens is 271 g/mol. The van der Waals surface area contributed by atoms with Gasteiger partial charge in [-0.05, 0) is 18.1 Å². The molecule has 1 aromatic heterocycles. The lowest BCUT2D eigenvalue weighted by atomic mass is 10.1. The number of nitrogens with zero attached hydrogens (tertiary/aromatic N) is 3. The fourth-order valence-corrected chi connectivity index (χ4v) is 1.85. The van der Waals surface area contributed by atoms with Crippen LogP contribution in [-0.2, 0) is 6.42 Å². The minimum atomic E-state index is -4.94. The summed E-state index contributed by atoms with van der Waals surface area (Å²) < 4.78 is 38.2. The van der Waals surface area contributed by atoms with Crippen LogP contribution < -0.4 is 0 Å². The van der Waals surface area contributed by atoms with E-state index in [1.54, 1.807) is 12.1 Å². The summed E-state index contributed by atoms with van der Waals surface area (Å²) in [5.74, 6) is -1.99. The highest BCUT2D eigenvalue weighted by Gasteiger charge is 2.41. The van der Waals surface area contributed by atoms with Gasteiger partial charge < -0.3 is 0 Å². The quantitative estimate of drug-likeness (QED) is 0.810. The molecule has 4 nitrogen and oxygen atoms in total. The van der Waals surface area contributed by atoms with Crippen molar-refractivity contribution in [1.82, 2.24) is 15.0 Å². The lowest BCUT2D eigenvalue weighted by Gasteiger charge is -2.07. The number of carbonyl (C=O) groups excluding carboxylic acids is 1. The van der Waals surface area contributed by atoms with Crippen LogP contribution >= 0.6 is 0 Å². The van der Waals surface area contributed by atoms with Gasteiger partial charge in [-0.25, -0.2) is 4.68 Å². The van der Waals surface area contributed by atoms with E-state index in [2.05, 4.69) is 10.3 Å². The Morgan fingerprint density at radius 3 is 2.65 bits per heavy atom. The van der Waals surface area contributed by atoms with Crippen molar-refractivity contribution in [2.45, 2.75) is 25.9 Å². The monoisotopic (exact) mass is 283 g/mol. The Morgan fingerprint density at radius 1 is 1.30 bits per heavy atom. The van der Waals surface area contributed by atoms with Crippen LogP contribution in [0.3, 0.4) is 0 Å². The lowest BCUT2D eigenvalue weighted by molar-refractivity contribution is -0.0888. The molecule has 0 spiro atoms. The number of hydrogen-bond donors (Lipinski definition) is 0. The summed E-state index contributed by atoms with van der Waals surface area (Å²) in [6.07, 6.45) is -2.28. The van der Waals surface area contributed by atoms with Crippen molar-refractivity contribution in [3.05, 3.63) is 41.7 Å². The van der Waals surface area contributed by atoms with E-state index >= 15 is 0 Å². The van der Waals surface area contributed by atoms with Gasteiger partial charge >= 0.3 is 6.18 Å². The van der Waals surface area contributed by atoms with Crippen molar-refractivity contribution in [3.8, 4) is 5.69 Å². The zero-order chi connectivity index (χ0) is 14.8. The maximum absolute atomic E-state index is 12.3. The third kappa shape index (κ3) is 2.87. The summed E-state index contributed by atoms with van der Waals surface area (Å²) in [4.78, 5) is 11.1. The van der Waals surface area contributed by atoms with E-state index in [0.717, 1.165) is 24.6 Å². The van der Waals surface area contributed by atoms with Gasteiger partial charge in [0.25, 0.3) is 5.78 Å². The summed E-state index contributed by atoms with van der Waals surface area (Å²) >= 11 is 0. The van der Waals surface area contributed by atoms with E-state index in [4.69, 9.17) is 0 Å². The van der Waals surface area contributed by atoms with Crippen molar-refractivity contribution in [1.29, 1.82) is 0 Å². The van der Waals surface area contributed by atoms with E-state index in [-0.39, 0.29) is 0 Å². The smallest absolute Gasteiger partial charge is 0.282 e. The van der Waals surface area contributed by atoms with Crippen LogP contribution in [0.5, 0.6) is 0 Å². The SMILES string of the molecule is CCCc1ccccc1-n1cc(C(=O)C(F)(F)F)nn1. The Morgan fingerprint density at radius 2 is 2.00 bits per heavy atom. The van der Waals surface area contributed by atoms with Crippen LogP contribution in [-0.4, -0.2) is 27.0 Å². The van der Waals surface area contributed by atoms with Crippen LogP contribution in [0.15, 0.2) is 30.5 Å². The average molecular weight is 283 g/mol. The van der Waals surface area contributed by atoms with Gasteiger partial charge in [0.05, 0.1) is 11.9 Å². The molecule has 2 rings (SSSR count). The van der Waals surface area contributed by atoms with Gasteiger partial charge in [0.1, 0.15) is 0 Å². The molecule has 0 fully saturated rings. The second-order valence-corrected chi connectivity index (χ2v) is 4.25. The summed E-state index contributed by atoms with van der Waals surface area (Å²) in [7, 11) is 0. The molecule has 0 radical (unpaired) electrons. The average Bonchev–Trinajstić information content (AvgIpc) is 2.87. The maximum Gasteiger partial charge on any atom is 0.456 e. The highest BCUT2D eigenvalue weighted by molar-refractivity contribution is 5.98. The summed E-state index contributed by atoms with van der Waals surface area (Å²) in [6, 6.07) is 7.18. The van der Waals surface area contributed by atoms with Crippen LogP contribution in [0.4, 0.5) is 13.2 Å². The normalized spacial score (nSPS) is 11.6. The van der Waals surface area contributed by atoms with Crippen molar-refractivity contribution in [2.24, 2.45) is 0 Å². The van der Waals surface area contributed by atoms with Crippen molar-refractivity contribution < 1.29 is 18.0 Å². The molecule has 7 heteroatoms. The molecule has 1 heterocycles. The number of hydrogen-bond acceptors (Lipinski definition) is 3. The Hall–Kier alpha value is -2.18. The van der Waals surface area contributed by atoms with Crippen LogP contribution in [0.1, 0.15) is 29.4 Å². The minimum absolute atomic E-state index is 0.628. The highest BCUT2D eigenvalue weighted by atomic mass is 19.4. The Kier molecular flexibility index (Phi) is 3.87. The van der Waals surface area contributed by atoms with E-state index < -0.39 is 17.7 Å². The molecule has 0 bridgehead atoms. The second-order valence-electron chi connectivity index (χ2n) is 4.25. The molecule has 0 atom stereocenters. The number of halogens is 3. The molecule has 2 aromatic rings. The largest absolute Gasteiger partial charge is 0.456 e. The number of alkyl halides is 3. The first-order valence-electron chi connectivity index (χ1n) is 6.05. The lowest BCUT2D eigenvalue weighted by Crippen LogP contribution is -2.23. The molecule has 106 valence electrons. The molecule has 0 aliphatic heterocycles. The topological polar surface area (TPSA) is 47.8 Å². The molecule has 0 saturated heterocycles. The fraction of sp³-hybridized carbons (Fsp3) is 0.308. The van der Waals surface area contributed by atoms with Crippen molar-refractivity contribution in [3.63, 3.8) is 0 Å². The van der Waals surface area contributed by atoms with Crippen LogP contribution in [0, 0.1) is 0 Å². The standard InChI is InChI=1S/C13H12F3N3O/c1-2-5-9-6-3-4-7-11(9)19-8-10(17-18-19)12(20)13(14,15)16/h3-4,6-8H,2,5H2,1H3. The summed E-state index contributed by atoms with van der Waals surface area (Å²) in [5, 5.41) is 6.91. The molecule has 0 aliphatic rings. The number of para-hydroxylation sites is 1. The molecule has 0 N–H and O–H groups in total. The van der Waals surface area contributed by atoms with Crippen LogP contribution in [0.25, 0.3) is 5.69 Å². The molecule has 0 aliphatic carbocycles. The summed E-state index contributed by atoms with van der Waals surface area (Å²) in [6.45, 7) is 2.00. The molecule has 20 heavy (non-hydrogen) atoms. The maximum atomic E-state index is 12.3. The Balaban J connectivity index is 2.37. The predicted molar refractivity (Wildman–Crippen MR) is 65.7 cm³/mol. The van der Waals surface area contributed by atoms with Crippen molar-refractivity contribution in [2.75, 3.05) is 0 Å². The number of aromatic nitrogens is 3. The molecule has 0 unspecified atom stereocenters. The minimum Gasteiger partial charge on any atom is -0.282 e. The third-order valence-corrected chi connectivity index (χ3v) is 2.74. The Labute approximate surface area is 113 Å². The van der Waals surface area contributed by atoms with E-state index in [1.165, 1.54) is 4.68 Å². The summed E-state index contributed by atoms with van der Waals surface area (Å²) in [5.41, 5.74) is 0.859. The first kappa shape index (κ1) is 14.2. The molecule has 0 amide bonds. The van der Waals surface area contributed by atoms with E-state index in [0.29, 0.717) is 5.69 Å².